The van der Waals surface area contributed by atoms with Gasteiger partial charge in [-0.3, -0.25) is 4.79 Å². The normalized spacial score (nSPS) is 17.4. The molecule has 0 saturated carbocycles. The molecule has 5 heteroatoms. The number of carbonyl (C=O) groups is 1. The summed E-state index contributed by atoms with van der Waals surface area (Å²) in [4.78, 5) is 19.6. The molecule has 170 valence electrons. The molecule has 0 spiro atoms. The number of aromatic nitrogens is 2. The van der Waals surface area contributed by atoms with Crippen molar-refractivity contribution in [3.05, 3.63) is 59.9 Å². The van der Waals surface area contributed by atoms with E-state index >= 15 is 0 Å². The minimum Gasteiger partial charge on any atom is -0.492 e. The largest absolute Gasteiger partial charge is 0.492 e. The highest BCUT2D eigenvalue weighted by Crippen LogP contribution is 2.34. The first-order chi connectivity index (χ1) is 15.0. The molecule has 32 heavy (non-hydrogen) atoms. The Balaban J connectivity index is 1.53. The first-order valence-electron chi connectivity index (χ1n) is 11.5. The second-order valence-electron chi connectivity index (χ2n) is 10.8. The third kappa shape index (κ3) is 4.52. The maximum atomic E-state index is 12.7. The molecule has 1 aliphatic heterocycles. The van der Waals surface area contributed by atoms with Gasteiger partial charge < -0.3 is 14.2 Å². The van der Waals surface area contributed by atoms with Crippen LogP contribution in [0.4, 0.5) is 0 Å². The van der Waals surface area contributed by atoms with Crippen LogP contribution in [0.3, 0.4) is 0 Å². The van der Waals surface area contributed by atoms with Gasteiger partial charge in [-0.25, -0.2) is 4.98 Å². The van der Waals surface area contributed by atoms with Gasteiger partial charge in [0.2, 0.25) is 5.91 Å². The fourth-order valence-corrected chi connectivity index (χ4v) is 4.48. The highest BCUT2D eigenvalue weighted by atomic mass is 16.5. The zero-order chi connectivity index (χ0) is 23.1. The fraction of sp³-hybridized carbons (Fsp3) is 0.481. The molecule has 1 atom stereocenters. The van der Waals surface area contributed by atoms with Crippen molar-refractivity contribution in [2.75, 3.05) is 13.2 Å². The summed E-state index contributed by atoms with van der Waals surface area (Å²) in [6.45, 7) is 14.9. The Hall–Kier alpha value is -2.82. The van der Waals surface area contributed by atoms with Gasteiger partial charge in [0.1, 0.15) is 18.2 Å². The van der Waals surface area contributed by atoms with Crippen LogP contribution in [0.2, 0.25) is 0 Å². The summed E-state index contributed by atoms with van der Waals surface area (Å²) in [7, 11) is 0. The van der Waals surface area contributed by atoms with E-state index in [4.69, 9.17) is 9.72 Å². The van der Waals surface area contributed by atoms with Crippen molar-refractivity contribution in [2.45, 2.75) is 71.4 Å². The average molecular weight is 434 g/mol. The summed E-state index contributed by atoms with van der Waals surface area (Å²) in [6, 6.07) is 16.6. The van der Waals surface area contributed by atoms with E-state index in [2.05, 4.69) is 64.3 Å². The smallest absolute Gasteiger partial charge is 0.223 e. The lowest BCUT2D eigenvalue weighted by molar-refractivity contribution is -0.131. The van der Waals surface area contributed by atoms with E-state index in [-0.39, 0.29) is 22.8 Å². The molecule has 0 radical (unpaired) electrons. The molecule has 0 bridgehead atoms. The zero-order valence-electron chi connectivity index (χ0n) is 20.2. The van der Waals surface area contributed by atoms with Crippen molar-refractivity contribution in [1.82, 2.24) is 14.5 Å². The SMILES string of the molecule is CC(C)(C)c1ccc(OCCn2c(C3CC(=O)N(C(C)(C)C)C3)nc3ccccc32)cc1. The second kappa shape index (κ2) is 8.27. The van der Waals surface area contributed by atoms with Crippen molar-refractivity contribution < 1.29 is 9.53 Å². The lowest BCUT2D eigenvalue weighted by Gasteiger charge is -2.32. The maximum Gasteiger partial charge on any atom is 0.223 e. The fourth-order valence-electron chi connectivity index (χ4n) is 4.48. The van der Waals surface area contributed by atoms with E-state index < -0.39 is 0 Å². The number of carbonyl (C=O) groups excluding carboxylic acids is 1. The molecule has 1 saturated heterocycles. The van der Waals surface area contributed by atoms with Gasteiger partial charge in [-0.05, 0) is 56.0 Å². The average Bonchev–Trinajstić information content (AvgIpc) is 3.28. The lowest BCUT2D eigenvalue weighted by Crippen LogP contribution is -2.42. The highest BCUT2D eigenvalue weighted by Gasteiger charge is 2.39. The molecule has 1 aliphatic rings. The lowest BCUT2D eigenvalue weighted by atomic mass is 9.87. The number of likely N-dealkylation sites (tertiary alicyclic amines) is 1. The maximum absolute atomic E-state index is 12.7. The molecular weight excluding hydrogens is 398 g/mol. The van der Waals surface area contributed by atoms with Crippen LogP contribution < -0.4 is 4.74 Å². The predicted molar refractivity (Wildman–Crippen MR) is 129 cm³/mol. The Labute approximate surface area is 191 Å². The quantitative estimate of drug-likeness (QED) is 0.532. The molecule has 3 aromatic rings. The minimum absolute atomic E-state index is 0.0974. The minimum atomic E-state index is -0.176. The molecule has 0 aliphatic carbocycles. The van der Waals surface area contributed by atoms with Crippen LogP contribution in [-0.4, -0.2) is 39.0 Å². The molecule has 2 heterocycles. The topological polar surface area (TPSA) is 47.4 Å². The summed E-state index contributed by atoms with van der Waals surface area (Å²) < 4.78 is 8.32. The second-order valence-corrected chi connectivity index (χ2v) is 10.8. The van der Waals surface area contributed by atoms with Crippen molar-refractivity contribution in [2.24, 2.45) is 0 Å². The van der Waals surface area contributed by atoms with E-state index in [9.17, 15) is 4.79 Å². The van der Waals surface area contributed by atoms with Gasteiger partial charge in [-0.15, -0.1) is 0 Å². The Morgan fingerprint density at radius 3 is 2.31 bits per heavy atom. The van der Waals surface area contributed by atoms with E-state index in [1.165, 1.54) is 5.56 Å². The molecule has 4 rings (SSSR count). The predicted octanol–water partition coefficient (Wildman–Crippen LogP) is 5.53. The number of benzene rings is 2. The molecule has 1 unspecified atom stereocenters. The molecule has 0 N–H and O–H groups in total. The van der Waals surface area contributed by atoms with Crippen molar-refractivity contribution in [3.63, 3.8) is 0 Å². The van der Waals surface area contributed by atoms with E-state index in [1.54, 1.807) is 0 Å². The van der Waals surface area contributed by atoms with Crippen LogP contribution in [0.25, 0.3) is 11.0 Å². The number of fused-ring (bicyclic) bond motifs is 1. The van der Waals surface area contributed by atoms with Gasteiger partial charge in [-0.2, -0.15) is 0 Å². The number of hydrogen-bond acceptors (Lipinski definition) is 3. The van der Waals surface area contributed by atoms with Crippen molar-refractivity contribution in [1.29, 1.82) is 0 Å². The number of ether oxygens (including phenoxy) is 1. The van der Waals surface area contributed by atoms with Gasteiger partial charge in [-0.1, -0.05) is 45.0 Å². The monoisotopic (exact) mass is 433 g/mol. The number of hydrogen-bond donors (Lipinski definition) is 0. The Bertz CT molecular complexity index is 1100. The standard InChI is InChI=1S/C27H35N3O2/c1-26(2,3)20-11-13-21(14-12-20)32-16-15-29-23-10-8-7-9-22(23)28-25(29)19-17-24(31)30(18-19)27(4,5)6/h7-14,19H,15-18H2,1-6H3. The van der Waals surface area contributed by atoms with Crippen LogP contribution in [0.15, 0.2) is 48.5 Å². The van der Waals surface area contributed by atoms with Crippen LogP contribution >= 0.6 is 0 Å². The molecule has 5 nitrogen and oxygen atoms in total. The van der Waals surface area contributed by atoms with Gasteiger partial charge in [0.05, 0.1) is 17.6 Å². The summed E-state index contributed by atoms with van der Waals surface area (Å²) >= 11 is 0. The van der Waals surface area contributed by atoms with E-state index in [0.29, 0.717) is 26.1 Å². The number of rotatable bonds is 5. The number of nitrogens with zero attached hydrogens (tertiary/aromatic N) is 3. The highest BCUT2D eigenvalue weighted by molar-refractivity contribution is 5.81. The van der Waals surface area contributed by atoms with Crippen LogP contribution in [0.5, 0.6) is 5.75 Å². The van der Waals surface area contributed by atoms with Crippen LogP contribution in [0, 0.1) is 0 Å². The van der Waals surface area contributed by atoms with Crippen molar-refractivity contribution in [3.8, 4) is 5.75 Å². The van der Waals surface area contributed by atoms with Gasteiger partial charge in [0, 0.05) is 24.4 Å². The number of amides is 1. The van der Waals surface area contributed by atoms with Crippen LogP contribution in [0.1, 0.15) is 65.3 Å². The molecular formula is C27H35N3O2. The third-order valence-electron chi connectivity index (χ3n) is 6.29. The summed E-state index contributed by atoms with van der Waals surface area (Å²) in [6.07, 6.45) is 0.510. The Kier molecular flexibility index (Phi) is 5.78. The van der Waals surface area contributed by atoms with Crippen molar-refractivity contribution >= 4 is 16.9 Å². The van der Waals surface area contributed by atoms with Gasteiger partial charge in [0.25, 0.3) is 0 Å². The summed E-state index contributed by atoms with van der Waals surface area (Å²) in [5, 5.41) is 0. The first kappa shape index (κ1) is 22.4. The Morgan fingerprint density at radius 2 is 1.69 bits per heavy atom. The zero-order valence-corrected chi connectivity index (χ0v) is 20.2. The molecule has 1 aromatic heterocycles. The molecule has 1 amide bonds. The summed E-state index contributed by atoms with van der Waals surface area (Å²) in [5.41, 5.74) is 3.31. The van der Waals surface area contributed by atoms with Gasteiger partial charge >= 0.3 is 0 Å². The number of imidazole rings is 1. The van der Waals surface area contributed by atoms with Crippen LogP contribution in [-0.2, 0) is 16.8 Å². The molecule has 1 fully saturated rings. The first-order valence-corrected chi connectivity index (χ1v) is 11.5. The van der Waals surface area contributed by atoms with E-state index in [1.807, 2.05) is 35.2 Å². The van der Waals surface area contributed by atoms with Gasteiger partial charge in [0.15, 0.2) is 0 Å². The number of para-hydroxylation sites is 2. The Morgan fingerprint density at radius 1 is 1.00 bits per heavy atom. The van der Waals surface area contributed by atoms with E-state index in [0.717, 1.165) is 22.6 Å². The summed E-state index contributed by atoms with van der Waals surface area (Å²) in [5.74, 6) is 2.16. The molecule has 2 aromatic carbocycles. The third-order valence-corrected chi connectivity index (χ3v) is 6.29.